The van der Waals surface area contributed by atoms with Gasteiger partial charge in [0.1, 0.15) is 0 Å². The molecule has 5 heteroatoms. The number of benzene rings is 1. The van der Waals surface area contributed by atoms with Crippen molar-refractivity contribution in [3.63, 3.8) is 0 Å². The molecule has 2 aromatic rings. The molecule has 96 valence electrons. The molecule has 0 aliphatic heterocycles. The molecule has 0 aliphatic carbocycles. The first-order valence-corrected chi connectivity index (χ1v) is 6.54. The van der Waals surface area contributed by atoms with Crippen molar-refractivity contribution in [2.45, 2.75) is 12.4 Å². The van der Waals surface area contributed by atoms with Gasteiger partial charge in [0.05, 0.1) is 6.20 Å². The van der Waals surface area contributed by atoms with E-state index in [1.54, 1.807) is 4.68 Å². The van der Waals surface area contributed by atoms with Gasteiger partial charge < -0.3 is 4.90 Å². The molecule has 0 bridgehead atoms. The van der Waals surface area contributed by atoms with Crippen LogP contribution in [0.1, 0.15) is 11.1 Å². The van der Waals surface area contributed by atoms with Gasteiger partial charge in [0.2, 0.25) is 0 Å². The first-order chi connectivity index (χ1) is 8.60. The molecular weight excluding hydrogens is 269 g/mol. The van der Waals surface area contributed by atoms with Crippen LogP contribution in [0.15, 0.2) is 30.6 Å². The molecule has 0 N–H and O–H groups in total. The Labute approximate surface area is 117 Å². The Hall–Kier alpha value is -1.19. The summed E-state index contributed by atoms with van der Waals surface area (Å²) in [6.45, 7) is 0.796. The Morgan fingerprint density at radius 1 is 1.39 bits per heavy atom. The van der Waals surface area contributed by atoms with Crippen LogP contribution in [0, 0.1) is 0 Å². The smallest absolute Gasteiger partial charge is 0.0539 e. The zero-order valence-electron chi connectivity index (χ0n) is 10.4. The third-order valence-electron chi connectivity index (χ3n) is 2.80. The number of hydrogen-bond acceptors (Lipinski definition) is 2. The van der Waals surface area contributed by atoms with Gasteiger partial charge in [-0.3, -0.25) is 4.68 Å². The zero-order valence-corrected chi connectivity index (χ0v) is 11.9. The van der Waals surface area contributed by atoms with E-state index in [1.807, 2.05) is 44.7 Å². The second-order valence-corrected chi connectivity index (χ2v) is 4.96. The predicted octanol–water partition coefficient (Wildman–Crippen LogP) is 3.45. The van der Waals surface area contributed by atoms with Crippen LogP contribution in [0.2, 0.25) is 5.02 Å². The van der Waals surface area contributed by atoms with Crippen LogP contribution in [-0.2, 0) is 19.5 Å². The van der Waals surface area contributed by atoms with Crippen LogP contribution in [-0.4, -0.2) is 16.8 Å². The van der Waals surface area contributed by atoms with Crippen molar-refractivity contribution < 1.29 is 0 Å². The van der Waals surface area contributed by atoms with Crippen LogP contribution in [0.5, 0.6) is 0 Å². The topological polar surface area (TPSA) is 21.1 Å². The maximum absolute atomic E-state index is 6.15. The molecule has 0 saturated carbocycles. The minimum atomic E-state index is 0.436. The zero-order chi connectivity index (χ0) is 13.1. The summed E-state index contributed by atoms with van der Waals surface area (Å²) in [6.07, 6.45) is 3.87. The lowest BCUT2D eigenvalue weighted by Crippen LogP contribution is -2.16. The fraction of sp³-hybridized carbons (Fsp3) is 0.308. The Bertz CT molecular complexity index is 537. The van der Waals surface area contributed by atoms with Crippen LogP contribution in [0.25, 0.3) is 0 Å². The molecule has 0 fully saturated rings. The highest BCUT2D eigenvalue weighted by atomic mass is 35.5. The number of alkyl halides is 1. The normalized spacial score (nSPS) is 10.7. The summed E-state index contributed by atoms with van der Waals surface area (Å²) in [6, 6.07) is 5.93. The summed E-state index contributed by atoms with van der Waals surface area (Å²) in [5.74, 6) is 0.436. The average molecular weight is 284 g/mol. The summed E-state index contributed by atoms with van der Waals surface area (Å²) >= 11 is 11.9. The molecular formula is C13H15Cl2N3. The van der Waals surface area contributed by atoms with Gasteiger partial charge in [0.15, 0.2) is 0 Å². The van der Waals surface area contributed by atoms with Gasteiger partial charge in [-0.25, -0.2) is 0 Å². The average Bonchev–Trinajstić information content (AvgIpc) is 2.74. The molecule has 18 heavy (non-hydrogen) atoms. The highest BCUT2D eigenvalue weighted by Crippen LogP contribution is 2.25. The van der Waals surface area contributed by atoms with Gasteiger partial charge in [-0.1, -0.05) is 17.7 Å². The lowest BCUT2D eigenvalue weighted by molar-refractivity contribution is 0.766. The van der Waals surface area contributed by atoms with Crippen molar-refractivity contribution in [1.82, 2.24) is 9.78 Å². The highest BCUT2D eigenvalue weighted by Gasteiger charge is 2.06. The van der Waals surface area contributed by atoms with Crippen molar-refractivity contribution in [3.05, 3.63) is 46.7 Å². The summed E-state index contributed by atoms with van der Waals surface area (Å²) in [5, 5.41) is 4.86. The number of aryl methyl sites for hydroxylation is 1. The summed E-state index contributed by atoms with van der Waals surface area (Å²) < 4.78 is 1.80. The van der Waals surface area contributed by atoms with E-state index in [0.29, 0.717) is 10.9 Å². The first kappa shape index (κ1) is 13.2. The van der Waals surface area contributed by atoms with E-state index in [9.17, 15) is 0 Å². The molecule has 1 aromatic carbocycles. The Morgan fingerprint density at radius 2 is 2.17 bits per heavy atom. The number of nitrogens with zero attached hydrogens (tertiary/aromatic N) is 3. The van der Waals surface area contributed by atoms with E-state index >= 15 is 0 Å². The quantitative estimate of drug-likeness (QED) is 0.802. The molecule has 0 atom stereocenters. The largest absolute Gasteiger partial charge is 0.370 e. The molecule has 0 spiro atoms. The molecule has 1 aromatic heterocycles. The van der Waals surface area contributed by atoms with Crippen LogP contribution < -0.4 is 4.90 Å². The molecule has 3 nitrogen and oxygen atoms in total. The van der Waals surface area contributed by atoms with Crippen LogP contribution >= 0.6 is 23.2 Å². The minimum Gasteiger partial charge on any atom is -0.370 e. The van der Waals surface area contributed by atoms with Gasteiger partial charge in [0.25, 0.3) is 0 Å². The minimum absolute atomic E-state index is 0.436. The van der Waals surface area contributed by atoms with Crippen LogP contribution in [0.4, 0.5) is 5.69 Å². The van der Waals surface area contributed by atoms with Gasteiger partial charge in [-0.15, -0.1) is 11.6 Å². The Morgan fingerprint density at radius 3 is 2.72 bits per heavy atom. The molecule has 2 rings (SSSR count). The van der Waals surface area contributed by atoms with E-state index < -0.39 is 0 Å². The number of hydrogen-bond donors (Lipinski definition) is 0. The molecule has 0 radical (unpaired) electrons. The van der Waals surface area contributed by atoms with Gasteiger partial charge in [0, 0.05) is 49.0 Å². The lowest BCUT2D eigenvalue weighted by atomic mass is 10.2. The fourth-order valence-corrected chi connectivity index (χ4v) is 2.34. The Balaban J connectivity index is 2.13. The second kappa shape index (κ2) is 5.63. The molecule has 0 amide bonds. The van der Waals surface area contributed by atoms with Crippen molar-refractivity contribution >= 4 is 28.9 Å². The maximum atomic E-state index is 6.15. The van der Waals surface area contributed by atoms with Crippen molar-refractivity contribution in [1.29, 1.82) is 0 Å². The highest BCUT2D eigenvalue weighted by molar-refractivity contribution is 6.32. The third-order valence-corrected chi connectivity index (χ3v) is 3.44. The number of halogens is 2. The second-order valence-electron chi connectivity index (χ2n) is 4.29. The van der Waals surface area contributed by atoms with E-state index in [4.69, 9.17) is 23.2 Å². The van der Waals surface area contributed by atoms with Crippen LogP contribution in [0.3, 0.4) is 0 Å². The first-order valence-electron chi connectivity index (χ1n) is 5.63. The molecule has 0 aliphatic rings. The summed E-state index contributed by atoms with van der Waals surface area (Å²) in [4.78, 5) is 2.13. The fourth-order valence-electron chi connectivity index (χ4n) is 1.80. The Kier molecular flexibility index (Phi) is 4.15. The van der Waals surface area contributed by atoms with Gasteiger partial charge >= 0.3 is 0 Å². The van der Waals surface area contributed by atoms with Gasteiger partial charge in [-0.05, 0) is 17.7 Å². The van der Waals surface area contributed by atoms with Crippen molar-refractivity contribution in [2.75, 3.05) is 11.9 Å². The van der Waals surface area contributed by atoms with E-state index in [-0.39, 0.29) is 0 Å². The predicted molar refractivity (Wildman–Crippen MR) is 76.3 cm³/mol. The number of rotatable bonds is 4. The molecule has 0 saturated heterocycles. The van der Waals surface area contributed by atoms with Crippen molar-refractivity contribution in [2.24, 2.45) is 7.05 Å². The number of anilines is 1. The lowest BCUT2D eigenvalue weighted by Gasteiger charge is -2.19. The maximum Gasteiger partial charge on any atom is 0.0539 e. The van der Waals surface area contributed by atoms with E-state index in [1.165, 1.54) is 0 Å². The van der Waals surface area contributed by atoms with Crippen molar-refractivity contribution in [3.8, 4) is 0 Å². The van der Waals surface area contributed by atoms with E-state index in [2.05, 4.69) is 10.00 Å². The molecule has 0 unspecified atom stereocenters. The summed E-state index contributed by atoms with van der Waals surface area (Å²) in [7, 11) is 3.94. The number of aromatic nitrogens is 2. The summed E-state index contributed by atoms with van der Waals surface area (Å²) in [5.41, 5.74) is 3.19. The monoisotopic (exact) mass is 283 g/mol. The van der Waals surface area contributed by atoms with E-state index in [0.717, 1.165) is 23.4 Å². The molecule has 1 heterocycles. The standard InChI is InChI=1S/C13H15Cl2N3/c1-17(8-10-7-16-18(2)9-10)12-4-3-11(6-14)13(15)5-12/h3-5,7,9H,6,8H2,1-2H3. The SMILES string of the molecule is CN(Cc1cnn(C)c1)c1ccc(CCl)c(Cl)c1. The van der Waals surface area contributed by atoms with Gasteiger partial charge in [-0.2, -0.15) is 5.10 Å². The third kappa shape index (κ3) is 2.98.